The molecule has 4 rings (SSSR count). The van der Waals surface area contributed by atoms with Crippen LogP contribution >= 0.6 is 11.3 Å². The number of rotatable bonds is 7. The summed E-state index contributed by atoms with van der Waals surface area (Å²) in [6, 6.07) is 11.9. The SMILES string of the molecule is CCOC(=O)c1c(NC(=O)/C(C#N)=C/c2ccc(-c3cccc(C(=O)OC)c3)o2)sc2c1CCCC2. The quantitative estimate of drug-likeness (QED) is 0.260. The van der Waals surface area contributed by atoms with Gasteiger partial charge in [0.2, 0.25) is 0 Å². The molecule has 0 spiro atoms. The van der Waals surface area contributed by atoms with E-state index in [4.69, 9.17) is 13.9 Å². The molecule has 9 heteroatoms. The Hall–Kier alpha value is -4.16. The summed E-state index contributed by atoms with van der Waals surface area (Å²) in [4.78, 5) is 38.5. The number of esters is 2. The van der Waals surface area contributed by atoms with E-state index in [-0.39, 0.29) is 17.9 Å². The smallest absolute Gasteiger partial charge is 0.341 e. The van der Waals surface area contributed by atoms with Crippen molar-refractivity contribution in [3.63, 3.8) is 0 Å². The number of hydrogen-bond donors (Lipinski definition) is 1. The Morgan fingerprint density at radius 2 is 1.97 bits per heavy atom. The fourth-order valence-corrected chi connectivity index (χ4v) is 5.31. The highest BCUT2D eigenvalue weighted by Crippen LogP contribution is 2.39. The standard InChI is InChI=1S/C27H24N2O6S/c1-3-34-27(32)23-20-9-4-5-10-22(20)36-25(23)29-24(30)18(15-28)14-19-11-12-21(35-19)16-7-6-8-17(13-16)26(31)33-2/h6-8,11-14H,3-5,9-10H2,1-2H3,(H,29,30)/b18-14+. The second-order valence-corrected chi connectivity index (χ2v) is 9.14. The number of fused-ring (bicyclic) bond motifs is 1. The van der Waals surface area contributed by atoms with Crippen LogP contribution in [0.2, 0.25) is 0 Å². The topological polar surface area (TPSA) is 119 Å². The van der Waals surface area contributed by atoms with Crippen LogP contribution in [-0.2, 0) is 27.1 Å². The zero-order valence-corrected chi connectivity index (χ0v) is 20.7. The minimum atomic E-state index is -0.646. The molecule has 2 heterocycles. The van der Waals surface area contributed by atoms with Gasteiger partial charge in [0.15, 0.2) is 0 Å². The van der Waals surface area contributed by atoms with Crippen molar-refractivity contribution in [1.29, 1.82) is 5.26 Å². The van der Waals surface area contributed by atoms with Gasteiger partial charge in [0.25, 0.3) is 5.91 Å². The maximum Gasteiger partial charge on any atom is 0.341 e. The van der Waals surface area contributed by atoms with Crippen molar-refractivity contribution in [3.05, 3.63) is 69.3 Å². The van der Waals surface area contributed by atoms with Crippen LogP contribution in [0.5, 0.6) is 0 Å². The molecule has 0 saturated heterocycles. The third-order valence-corrected chi connectivity index (χ3v) is 6.93. The summed E-state index contributed by atoms with van der Waals surface area (Å²) in [5.41, 5.74) is 2.14. The Bertz CT molecular complexity index is 1390. The maximum absolute atomic E-state index is 13.0. The summed E-state index contributed by atoms with van der Waals surface area (Å²) in [6.07, 6.45) is 4.92. The van der Waals surface area contributed by atoms with E-state index in [0.717, 1.165) is 36.1 Å². The van der Waals surface area contributed by atoms with Crippen molar-refractivity contribution in [2.24, 2.45) is 0 Å². The monoisotopic (exact) mass is 504 g/mol. The number of amides is 1. The van der Waals surface area contributed by atoms with Gasteiger partial charge in [-0.25, -0.2) is 9.59 Å². The summed E-state index contributed by atoms with van der Waals surface area (Å²) in [5.74, 6) is -0.840. The summed E-state index contributed by atoms with van der Waals surface area (Å²) in [6.45, 7) is 1.96. The van der Waals surface area contributed by atoms with Gasteiger partial charge >= 0.3 is 11.9 Å². The molecule has 0 fully saturated rings. The Morgan fingerprint density at radius 1 is 1.17 bits per heavy atom. The third kappa shape index (κ3) is 5.24. The molecule has 0 unspecified atom stereocenters. The number of nitriles is 1. The van der Waals surface area contributed by atoms with Crippen LogP contribution in [0, 0.1) is 11.3 Å². The average molecular weight is 505 g/mol. The Balaban J connectivity index is 1.58. The predicted molar refractivity (Wildman–Crippen MR) is 135 cm³/mol. The number of hydrogen-bond acceptors (Lipinski definition) is 8. The first-order valence-corrected chi connectivity index (χ1v) is 12.3. The Labute approximate surface area is 212 Å². The number of benzene rings is 1. The van der Waals surface area contributed by atoms with Crippen molar-refractivity contribution in [2.75, 3.05) is 19.0 Å². The van der Waals surface area contributed by atoms with Gasteiger partial charge in [0, 0.05) is 16.5 Å². The Kier molecular flexibility index (Phi) is 7.66. The number of methoxy groups -OCH3 is 1. The molecular formula is C27H24N2O6S. The largest absolute Gasteiger partial charge is 0.465 e. The van der Waals surface area contributed by atoms with E-state index in [1.165, 1.54) is 24.5 Å². The van der Waals surface area contributed by atoms with Gasteiger partial charge in [-0.15, -0.1) is 11.3 Å². The van der Waals surface area contributed by atoms with Crippen molar-refractivity contribution >= 4 is 40.3 Å². The van der Waals surface area contributed by atoms with Gasteiger partial charge in [0.1, 0.15) is 28.2 Å². The molecular weight excluding hydrogens is 480 g/mol. The van der Waals surface area contributed by atoms with Crippen LogP contribution in [0.25, 0.3) is 17.4 Å². The van der Waals surface area contributed by atoms with Crippen molar-refractivity contribution in [2.45, 2.75) is 32.6 Å². The van der Waals surface area contributed by atoms with Gasteiger partial charge in [-0.1, -0.05) is 12.1 Å². The molecule has 36 heavy (non-hydrogen) atoms. The molecule has 1 aromatic carbocycles. The second kappa shape index (κ2) is 11.1. The molecule has 1 aliphatic carbocycles. The lowest BCUT2D eigenvalue weighted by atomic mass is 9.95. The fourth-order valence-electron chi connectivity index (χ4n) is 4.04. The van der Waals surface area contributed by atoms with Crippen molar-refractivity contribution < 1.29 is 28.3 Å². The first kappa shape index (κ1) is 24.9. The van der Waals surface area contributed by atoms with Crippen LogP contribution in [0.3, 0.4) is 0 Å². The highest BCUT2D eigenvalue weighted by molar-refractivity contribution is 7.17. The molecule has 1 aliphatic rings. The number of carbonyl (C=O) groups is 3. The number of thiophene rings is 1. The first-order valence-electron chi connectivity index (χ1n) is 11.5. The van der Waals surface area contributed by atoms with E-state index >= 15 is 0 Å². The highest BCUT2D eigenvalue weighted by Gasteiger charge is 2.28. The van der Waals surface area contributed by atoms with Crippen LogP contribution in [0.1, 0.15) is 56.7 Å². The van der Waals surface area contributed by atoms with E-state index < -0.39 is 17.8 Å². The van der Waals surface area contributed by atoms with E-state index in [2.05, 4.69) is 5.32 Å². The fraction of sp³-hybridized carbons (Fsp3) is 0.259. The first-order chi connectivity index (χ1) is 17.4. The summed E-state index contributed by atoms with van der Waals surface area (Å²) >= 11 is 1.35. The van der Waals surface area contributed by atoms with E-state index in [1.54, 1.807) is 43.3 Å². The number of ether oxygens (including phenoxy) is 2. The number of anilines is 1. The van der Waals surface area contributed by atoms with Gasteiger partial charge in [-0.05, 0) is 62.4 Å². The number of aryl methyl sites for hydroxylation is 1. The number of nitrogens with zero attached hydrogens (tertiary/aromatic N) is 1. The lowest BCUT2D eigenvalue weighted by Gasteiger charge is -2.12. The van der Waals surface area contributed by atoms with Crippen LogP contribution in [0.4, 0.5) is 5.00 Å². The second-order valence-electron chi connectivity index (χ2n) is 8.03. The molecule has 8 nitrogen and oxygen atoms in total. The Morgan fingerprint density at radius 3 is 2.72 bits per heavy atom. The predicted octanol–water partition coefficient (Wildman–Crippen LogP) is 5.40. The summed E-state index contributed by atoms with van der Waals surface area (Å²) < 4.78 is 15.8. The number of carbonyl (C=O) groups excluding carboxylic acids is 3. The minimum absolute atomic E-state index is 0.180. The molecule has 1 N–H and O–H groups in total. The highest BCUT2D eigenvalue weighted by atomic mass is 32.1. The number of nitrogens with one attached hydrogen (secondary N) is 1. The van der Waals surface area contributed by atoms with Gasteiger partial charge < -0.3 is 19.2 Å². The van der Waals surface area contributed by atoms with Crippen molar-refractivity contribution in [1.82, 2.24) is 0 Å². The summed E-state index contributed by atoms with van der Waals surface area (Å²) in [7, 11) is 1.31. The number of furan rings is 1. The molecule has 0 bridgehead atoms. The van der Waals surface area contributed by atoms with Crippen LogP contribution in [0.15, 0.2) is 46.4 Å². The summed E-state index contributed by atoms with van der Waals surface area (Å²) in [5, 5.41) is 12.8. The van der Waals surface area contributed by atoms with Crippen LogP contribution < -0.4 is 5.32 Å². The molecule has 0 aliphatic heterocycles. The zero-order chi connectivity index (χ0) is 25.7. The normalized spacial score (nSPS) is 12.9. The van der Waals surface area contributed by atoms with E-state index in [0.29, 0.717) is 27.5 Å². The minimum Gasteiger partial charge on any atom is -0.465 e. The molecule has 0 radical (unpaired) electrons. The lowest BCUT2D eigenvalue weighted by molar-refractivity contribution is -0.112. The average Bonchev–Trinajstić information content (AvgIpc) is 3.51. The van der Waals surface area contributed by atoms with Gasteiger partial charge in [-0.3, -0.25) is 4.79 Å². The molecule has 184 valence electrons. The molecule has 3 aromatic rings. The molecule has 2 aromatic heterocycles. The maximum atomic E-state index is 13.0. The lowest BCUT2D eigenvalue weighted by Crippen LogP contribution is -2.16. The van der Waals surface area contributed by atoms with Crippen molar-refractivity contribution in [3.8, 4) is 17.4 Å². The molecule has 0 saturated carbocycles. The van der Waals surface area contributed by atoms with E-state index in [9.17, 15) is 19.6 Å². The third-order valence-electron chi connectivity index (χ3n) is 5.72. The zero-order valence-electron chi connectivity index (χ0n) is 19.9. The van der Waals surface area contributed by atoms with Gasteiger partial charge in [0.05, 0.1) is 24.8 Å². The molecule has 1 amide bonds. The van der Waals surface area contributed by atoms with E-state index in [1.807, 2.05) is 6.07 Å². The van der Waals surface area contributed by atoms with Crippen LogP contribution in [-0.4, -0.2) is 31.6 Å². The molecule has 0 atom stereocenters. The van der Waals surface area contributed by atoms with Gasteiger partial charge in [-0.2, -0.15) is 5.26 Å².